The standard InChI is InChI=1S/C16H21F2NO2/c17-13-4-1-5-14(15(13)18)21-12-3-2-8-16(9-12,10-20)19-11-6-7-11/h1,4-5,11-12,19-20H,2-3,6-10H2. The molecule has 116 valence electrons. The molecule has 0 aromatic heterocycles. The largest absolute Gasteiger partial charge is 0.487 e. The lowest BCUT2D eigenvalue weighted by atomic mass is 9.80. The van der Waals surface area contributed by atoms with Crippen LogP contribution in [-0.2, 0) is 0 Å². The Balaban J connectivity index is 1.69. The zero-order valence-corrected chi connectivity index (χ0v) is 11.9. The number of rotatable bonds is 5. The molecule has 0 radical (unpaired) electrons. The highest BCUT2D eigenvalue weighted by Crippen LogP contribution is 2.34. The van der Waals surface area contributed by atoms with Gasteiger partial charge in [0.15, 0.2) is 11.6 Å². The molecule has 0 bridgehead atoms. The summed E-state index contributed by atoms with van der Waals surface area (Å²) >= 11 is 0. The molecular formula is C16H21F2NO2. The summed E-state index contributed by atoms with van der Waals surface area (Å²) in [4.78, 5) is 0. The molecule has 1 aromatic carbocycles. The van der Waals surface area contributed by atoms with Gasteiger partial charge in [-0.15, -0.1) is 0 Å². The van der Waals surface area contributed by atoms with Gasteiger partial charge in [0.05, 0.1) is 6.61 Å². The maximum absolute atomic E-state index is 13.7. The third kappa shape index (κ3) is 3.35. The second-order valence-electron chi connectivity index (χ2n) is 6.25. The van der Waals surface area contributed by atoms with Crippen LogP contribution >= 0.6 is 0 Å². The number of aliphatic hydroxyl groups is 1. The second-order valence-corrected chi connectivity index (χ2v) is 6.25. The molecule has 2 unspecified atom stereocenters. The number of aliphatic hydroxyl groups excluding tert-OH is 1. The van der Waals surface area contributed by atoms with Crippen LogP contribution in [-0.4, -0.2) is 29.4 Å². The topological polar surface area (TPSA) is 41.5 Å². The van der Waals surface area contributed by atoms with Gasteiger partial charge in [0, 0.05) is 18.0 Å². The van der Waals surface area contributed by atoms with E-state index in [2.05, 4.69) is 5.32 Å². The molecule has 0 saturated heterocycles. The Bertz CT molecular complexity index is 507. The fourth-order valence-electron chi connectivity index (χ4n) is 3.14. The first kappa shape index (κ1) is 14.7. The van der Waals surface area contributed by atoms with Gasteiger partial charge < -0.3 is 15.2 Å². The van der Waals surface area contributed by atoms with Crippen LogP contribution < -0.4 is 10.1 Å². The van der Waals surface area contributed by atoms with Gasteiger partial charge in [0.2, 0.25) is 5.82 Å². The van der Waals surface area contributed by atoms with Gasteiger partial charge >= 0.3 is 0 Å². The van der Waals surface area contributed by atoms with Crippen LogP contribution in [0.15, 0.2) is 18.2 Å². The first-order valence-corrected chi connectivity index (χ1v) is 7.61. The molecular weight excluding hydrogens is 276 g/mol. The average Bonchev–Trinajstić information content (AvgIpc) is 3.28. The van der Waals surface area contributed by atoms with E-state index in [-0.39, 0.29) is 24.0 Å². The lowest BCUT2D eigenvalue weighted by molar-refractivity contribution is 0.0476. The number of benzene rings is 1. The summed E-state index contributed by atoms with van der Waals surface area (Å²) in [6, 6.07) is 4.46. The highest BCUT2D eigenvalue weighted by atomic mass is 19.2. The summed E-state index contributed by atoms with van der Waals surface area (Å²) < 4.78 is 32.6. The quantitative estimate of drug-likeness (QED) is 0.878. The normalized spacial score (nSPS) is 29.4. The molecule has 3 nitrogen and oxygen atoms in total. The van der Waals surface area contributed by atoms with Crippen LogP contribution in [0.3, 0.4) is 0 Å². The molecule has 2 fully saturated rings. The van der Waals surface area contributed by atoms with E-state index in [1.807, 2.05) is 0 Å². The van der Waals surface area contributed by atoms with Gasteiger partial charge in [0.1, 0.15) is 6.10 Å². The van der Waals surface area contributed by atoms with Gasteiger partial charge in [-0.25, -0.2) is 4.39 Å². The van der Waals surface area contributed by atoms with Crippen molar-refractivity contribution in [1.82, 2.24) is 5.32 Å². The summed E-state index contributed by atoms with van der Waals surface area (Å²) in [6.45, 7) is 0.0506. The second kappa shape index (κ2) is 5.89. The number of hydrogen-bond donors (Lipinski definition) is 2. The van der Waals surface area contributed by atoms with Crippen molar-refractivity contribution >= 4 is 0 Å². The molecule has 2 atom stereocenters. The Hall–Kier alpha value is -1.20. The van der Waals surface area contributed by atoms with E-state index in [1.54, 1.807) is 0 Å². The van der Waals surface area contributed by atoms with Gasteiger partial charge in [0.25, 0.3) is 0 Å². The summed E-state index contributed by atoms with van der Waals surface area (Å²) in [6.07, 6.45) is 5.30. The summed E-state index contributed by atoms with van der Waals surface area (Å²) in [5.41, 5.74) is -0.339. The van der Waals surface area contributed by atoms with Crippen LogP contribution in [0, 0.1) is 11.6 Å². The van der Waals surface area contributed by atoms with Crippen molar-refractivity contribution in [2.75, 3.05) is 6.61 Å². The highest BCUT2D eigenvalue weighted by molar-refractivity contribution is 5.25. The Morgan fingerprint density at radius 2 is 2.10 bits per heavy atom. The van der Waals surface area contributed by atoms with E-state index in [0.717, 1.165) is 38.2 Å². The van der Waals surface area contributed by atoms with Crippen molar-refractivity contribution in [1.29, 1.82) is 0 Å². The Morgan fingerprint density at radius 3 is 2.81 bits per heavy atom. The van der Waals surface area contributed by atoms with Crippen molar-refractivity contribution < 1.29 is 18.6 Å². The Labute approximate surface area is 123 Å². The van der Waals surface area contributed by atoms with Crippen LogP contribution in [0.4, 0.5) is 8.78 Å². The third-order valence-corrected chi connectivity index (χ3v) is 4.40. The molecule has 2 saturated carbocycles. The van der Waals surface area contributed by atoms with E-state index in [1.165, 1.54) is 12.1 Å². The average molecular weight is 297 g/mol. The Morgan fingerprint density at radius 1 is 1.29 bits per heavy atom. The molecule has 2 N–H and O–H groups in total. The number of ether oxygens (including phenoxy) is 1. The lowest BCUT2D eigenvalue weighted by Crippen LogP contribution is -2.54. The van der Waals surface area contributed by atoms with Crippen LogP contribution in [0.25, 0.3) is 0 Å². The van der Waals surface area contributed by atoms with Crippen LogP contribution in [0.1, 0.15) is 38.5 Å². The van der Waals surface area contributed by atoms with Crippen LogP contribution in [0.2, 0.25) is 0 Å². The zero-order chi connectivity index (χ0) is 14.9. The van der Waals surface area contributed by atoms with Gasteiger partial charge in [-0.2, -0.15) is 4.39 Å². The van der Waals surface area contributed by atoms with E-state index in [0.29, 0.717) is 12.5 Å². The first-order chi connectivity index (χ1) is 10.1. The fraction of sp³-hybridized carbons (Fsp3) is 0.625. The van der Waals surface area contributed by atoms with Crippen molar-refractivity contribution in [2.45, 2.75) is 56.2 Å². The maximum Gasteiger partial charge on any atom is 0.200 e. The molecule has 2 aliphatic carbocycles. The fourth-order valence-corrected chi connectivity index (χ4v) is 3.14. The molecule has 3 rings (SSSR count). The molecule has 5 heteroatoms. The molecule has 0 spiro atoms. The van der Waals surface area contributed by atoms with Crippen LogP contribution in [0.5, 0.6) is 5.75 Å². The molecule has 2 aliphatic rings. The Kier molecular flexibility index (Phi) is 4.13. The van der Waals surface area contributed by atoms with Crippen molar-refractivity contribution in [3.05, 3.63) is 29.8 Å². The zero-order valence-electron chi connectivity index (χ0n) is 11.9. The molecule has 0 aliphatic heterocycles. The van der Waals surface area contributed by atoms with Gasteiger partial charge in [-0.1, -0.05) is 6.07 Å². The minimum Gasteiger partial charge on any atom is -0.487 e. The smallest absolute Gasteiger partial charge is 0.200 e. The monoisotopic (exact) mass is 297 g/mol. The predicted molar refractivity (Wildman–Crippen MR) is 75.2 cm³/mol. The van der Waals surface area contributed by atoms with Crippen molar-refractivity contribution in [2.24, 2.45) is 0 Å². The van der Waals surface area contributed by atoms with Gasteiger partial charge in [-0.3, -0.25) is 0 Å². The number of nitrogens with one attached hydrogen (secondary N) is 1. The van der Waals surface area contributed by atoms with Crippen molar-refractivity contribution in [3.63, 3.8) is 0 Å². The minimum atomic E-state index is -0.937. The highest BCUT2D eigenvalue weighted by Gasteiger charge is 2.40. The molecule has 0 amide bonds. The predicted octanol–water partition coefficient (Wildman–Crippen LogP) is 2.77. The van der Waals surface area contributed by atoms with E-state index in [9.17, 15) is 13.9 Å². The van der Waals surface area contributed by atoms with Gasteiger partial charge in [-0.05, 0) is 44.2 Å². The lowest BCUT2D eigenvalue weighted by Gasteiger charge is -2.40. The number of hydrogen-bond acceptors (Lipinski definition) is 3. The van der Waals surface area contributed by atoms with Crippen molar-refractivity contribution in [3.8, 4) is 5.75 Å². The summed E-state index contributed by atoms with van der Waals surface area (Å²) in [7, 11) is 0. The molecule has 21 heavy (non-hydrogen) atoms. The third-order valence-electron chi connectivity index (χ3n) is 4.40. The summed E-state index contributed by atoms with van der Waals surface area (Å²) in [5, 5.41) is 13.2. The van der Waals surface area contributed by atoms with E-state index >= 15 is 0 Å². The van der Waals surface area contributed by atoms with E-state index < -0.39 is 11.6 Å². The summed E-state index contributed by atoms with van der Waals surface area (Å²) in [5.74, 6) is -1.87. The maximum atomic E-state index is 13.7. The van der Waals surface area contributed by atoms with E-state index in [4.69, 9.17) is 4.74 Å². The SMILES string of the molecule is OCC1(NC2CC2)CCCC(Oc2cccc(F)c2F)C1. The molecule has 0 heterocycles. The molecule has 1 aromatic rings. The number of halogens is 2. The first-order valence-electron chi connectivity index (χ1n) is 7.61. The minimum absolute atomic E-state index is 0.0415.